The number of amides is 2. The first kappa shape index (κ1) is 35.9. The molecule has 13 nitrogen and oxygen atoms in total. The number of methoxy groups -OCH3 is 1. The van der Waals surface area contributed by atoms with Crippen LogP contribution in [-0.2, 0) is 20.5 Å². The van der Waals surface area contributed by atoms with E-state index in [0.717, 1.165) is 59.0 Å². The second-order valence-electron chi connectivity index (χ2n) is 13.9. The van der Waals surface area contributed by atoms with Crippen LogP contribution in [0.3, 0.4) is 0 Å². The number of halogens is 4. The second kappa shape index (κ2) is 13.6. The molecule has 0 bridgehead atoms. The summed E-state index contributed by atoms with van der Waals surface area (Å²) in [4.78, 5) is 53.1. The maximum absolute atomic E-state index is 13.9. The van der Waals surface area contributed by atoms with Crippen LogP contribution in [0.4, 0.5) is 25.1 Å². The molecule has 54 heavy (non-hydrogen) atoms. The SMILES string of the molecule is COc1nc(-c2cccc(-c3cccc(Nc4nc(C(F)F)nc5c4c(=O)n(C)c(=O)n5C)c3Cl)c2Cl)cc2c1[C@H](N1CC[C@]3(CCNC(=O)N3)C1)CC2. The van der Waals surface area contributed by atoms with Crippen LogP contribution in [0.5, 0.6) is 5.88 Å². The lowest BCUT2D eigenvalue weighted by molar-refractivity contribution is 0.141. The first-order valence-corrected chi connectivity index (χ1v) is 18.1. The zero-order valence-electron chi connectivity index (χ0n) is 29.5. The van der Waals surface area contributed by atoms with Gasteiger partial charge in [-0.15, -0.1) is 0 Å². The third-order valence-corrected chi connectivity index (χ3v) is 11.6. The van der Waals surface area contributed by atoms with Crippen LogP contribution in [0.25, 0.3) is 33.4 Å². The number of carbonyl (C=O) groups excluding carboxylic acids is 1. The van der Waals surface area contributed by atoms with Gasteiger partial charge in [0.25, 0.3) is 12.0 Å². The van der Waals surface area contributed by atoms with E-state index in [9.17, 15) is 23.2 Å². The largest absolute Gasteiger partial charge is 0.481 e. The number of hydrogen-bond donors (Lipinski definition) is 3. The average Bonchev–Trinajstić information content (AvgIpc) is 3.77. The van der Waals surface area contributed by atoms with Crippen molar-refractivity contribution in [3.05, 3.63) is 90.3 Å². The number of fused-ring (bicyclic) bond motifs is 2. The van der Waals surface area contributed by atoms with Crippen LogP contribution >= 0.6 is 23.2 Å². The first-order valence-electron chi connectivity index (χ1n) is 17.4. The minimum Gasteiger partial charge on any atom is -0.481 e. The number of alkyl halides is 2. The summed E-state index contributed by atoms with van der Waals surface area (Å²) in [6, 6.07) is 12.6. The van der Waals surface area contributed by atoms with Crippen LogP contribution in [0.1, 0.15) is 48.7 Å². The van der Waals surface area contributed by atoms with Gasteiger partial charge in [-0.25, -0.2) is 33.3 Å². The monoisotopic (exact) mass is 777 g/mol. The summed E-state index contributed by atoms with van der Waals surface area (Å²) in [6.07, 6.45) is 0.395. The van der Waals surface area contributed by atoms with Gasteiger partial charge in [0.05, 0.1) is 34.1 Å². The average molecular weight is 779 g/mol. The standard InChI is InChI=1S/C37H35Cl2F2N9O4/c1-48-32-26(34(51)49(2)36(48)53)30(45-31(46-32)29(40)41)43-22-9-5-7-20(28(22)39)19-6-4-8-21(27(19)38)23-16-18-10-11-24(25(18)33(44-23)54-3)50-15-13-37(17-50)12-14-42-35(52)47-37/h4-9,16,24,29H,10-15,17H2,1-3H3,(H2,42,47,52)(H,43,45,46)/t24-,37-/m1/s1. The predicted octanol–water partition coefficient (Wildman–Crippen LogP) is 5.89. The minimum atomic E-state index is -3.08. The summed E-state index contributed by atoms with van der Waals surface area (Å²) in [7, 11) is 4.22. The van der Waals surface area contributed by atoms with Crippen LogP contribution in [0, 0.1) is 0 Å². The fraction of sp³-hybridized carbons (Fsp3) is 0.351. The number of urea groups is 1. The molecule has 8 rings (SSSR count). The molecule has 3 N–H and O–H groups in total. The molecule has 17 heteroatoms. The number of rotatable bonds is 7. The van der Waals surface area contributed by atoms with Crippen molar-refractivity contribution in [3.8, 4) is 28.3 Å². The number of hydrogen-bond acceptors (Lipinski definition) is 9. The number of nitrogens with zero attached hydrogens (tertiary/aromatic N) is 6. The van der Waals surface area contributed by atoms with Crippen LogP contribution in [0.15, 0.2) is 52.1 Å². The first-order chi connectivity index (χ1) is 25.9. The van der Waals surface area contributed by atoms with Crippen molar-refractivity contribution in [2.75, 3.05) is 32.1 Å². The molecule has 2 aromatic carbocycles. The van der Waals surface area contributed by atoms with E-state index in [-0.39, 0.29) is 45.2 Å². The summed E-state index contributed by atoms with van der Waals surface area (Å²) in [5.74, 6) is -0.572. The molecule has 280 valence electrons. The minimum absolute atomic E-state index is 0.104. The summed E-state index contributed by atoms with van der Waals surface area (Å²) in [5, 5.41) is 9.37. The Kier molecular flexibility index (Phi) is 9.05. The number of aryl methyl sites for hydroxylation is 2. The molecule has 2 fully saturated rings. The van der Waals surface area contributed by atoms with Gasteiger partial charge in [0.2, 0.25) is 5.88 Å². The fourth-order valence-corrected chi connectivity index (χ4v) is 8.65. The number of nitrogens with one attached hydrogen (secondary N) is 3. The van der Waals surface area contributed by atoms with Gasteiger partial charge in [0.1, 0.15) is 11.2 Å². The molecular weight excluding hydrogens is 743 g/mol. The highest BCUT2D eigenvalue weighted by Crippen LogP contribution is 2.47. The molecule has 5 aromatic rings. The van der Waals surface area contributed by atoms with Gasteiger partial charge in [0.15, 0.2) is 11.5 Å². The van der Waals surface area contributed by atoms with E-state index >= 15 is 0 Å². The lowest BCUT2D eigenvalue weighted by Gasteiger charge is -2.36. The number of aromatic nitrogens is 5. The van der Waals surface area contributed by atoms with Gasteiger partial charge < -0.3 is 20.7 Å². The number of anilines is 2. The Balaban J connectivity index is 1.14. The zero-order valence-corrected chi connectivity index (χ0v) is 31.0. The number of benzene rings is 2. The van der Waals surface area contributed by atoms with Crippen molar-refractivity contribution in [1.82, 2.24) is 39.6 Å². The van der Waals surface area contributed by atoms with Crippen LogP contribution in [0.2, 0.25) is 10.0 Å². The van der Waals surface area contributed by atoms with Crippen molar-refractivity contribution in [1.29, 1.82) is 0 Å². The topological polar surface area (TPSA) is 148 Å². The van der Waals surface area contributed by atoms with E-state index in [1.807, 2.05) is 12.1 Å². The Morgan fingerprint density at radius 3 is 2.46 bits per heavy atom. The van der Waals surface area contributed by atoms with E-state index < -0.39 is 23.5 Å². The molecule has 1 aliphatic carbocycles. The van der Waals surface area contributed by atoms with Crippen LogP contribution in [-0.4, -0.2) is 67.3 Å². The van der Waals surface area contributed by atoms with E-state index in [2.05, 4.69) is 36.9 Å². The fourth-order valence-electron chi connectivity index (χ4n) is 8.05. The van der Waals surface area contributed by atoms with Gasteiger partial charge in [-0.3, -0.25) is 18.8 Å². The van der Waals surface area contributed by atoms with Gasteiger partial charge in [-0.2, -0.15) is 0 Å². The number of ether oxygens (including phenoxy) is 1. The Morgan fingerprint density at radius 2 is 1.72 bits per heavy atom. The van der Waals surface area contributed by atoms with E-state index in [4.69, 9.17) is 32.9 Å². The van der Waals surface area contributed by atoms with E-state index in [1.54, 1.807) is 31.4 Å². The highest BCUT2D eigenvalue weighted by Gasteiger charge is 2.45. The number of carbonyl (C=O) groups is 1. The normalized spacial score (nSPS) is 19.7. The summed E-state index contributed by atoms with van der Waals surface area (Å²) in [6.45, 7) is 2.27. The second-order valence-corrected chi connectivity index (χ2v) is 14.6. The van der Waals surface area contributed by atoms with E-state index in [1.165, 1.54) is 14.1 Å². The Labute approximate surface area is 317 Å². The highest BCUT2D eigenvalue weighted by molar-refractivity contribution is 6.39. The molecule has 0 radical (unpaired) electrons. The van der Waals surface area contributed by atoms with Crippen LogP contribution < -0.4 is 31.9 Å². The zero-order chi connectivity index (χ0) is 38.1. The third kappa shape index (κ3) is 5.94. The maximum atomic E-state index is 13.9. The van der Waals surface area contributed by atoms with Crippen molar-refractivity contribution in [3.63, 3.8) is 0 Å². The van der Waals surface area contributed by atoms with Gasteiger partial charge >= 0.3 is 11.7 Å². The molecule has 0 saturated carbocycles. The molecule has 3 aliphatic rings. The molecular formula is C37H35Cl2F2N9O4. The smallest absolute Gasteiger partial charge is 0.332 e. The molecule has 5 heterocycles. The predicted molar refractivity (Wildman–Crippen MR) is 201 cm³/mol. The van der Waals surface area contributed by atoms with Gasteiger partial charge in [-0.1, -0.05) is 53.5 Å². The van der Waals surface area contributed by atoms with Crippen molar-refractivity contribution >= 4 is 51.8 Å². The quantitative estimate of drug-likeness (QED) is 0.184. The van der Waals surface area contributed by atoms with Crippen molar-refractivity contribution in [2.24, 2.45) is 14.1 Å². The van der Waals surface area contributed by atoms with Gasteiger partial charge in [0, 0.05) is 62.0 Å². The molecule has 0 unspecified atom stereocenters. The summed E-state index contributed by atoms with van der Waals surface area (Å²) in [5.41, 5.74) is 2.82. The maximum Gasteiger partial charge on any atom is 0.332 e. The molecule has 1 spiro atoms. The molecule has 3 aromatic heterocycles. The summed E-state index contributed by atoms with van der Waals surface area (Å²) < 4.78 is 35.6. The molecule has 2 atom stereocenters. The Hall–Kier alpha value is -5.12. The molecule has 2 saturated heterocycles. The van der Waals surface area contributed by atoms with Crippen molar-refractivity contribution in [2.45, 2.75) is 43.7 Å². The highest BCUT2D eigenvalue weighted by atomic mass is 35.5. The molecule has 2 aliphatic heterocycles. The number of pyridine rings is 1. The number of likely N-dealkylation sites (tertiary alicyclic amines) is 1. The lowest BCUT2D eigenvalue weighted by atomic mass is 9.93. The van der Waals surface area contributed by atoms with Gasteiger partial charge in [-0.05, 0) is 43.4 Å². The van der Waals surface area contributed by atoms with E-state index in [0.29, 0.717) is 39.8 Å². The molecule has 2 amide bonds. The lowest BCUT2D eigenvalue weighted by Crippen LogP contribution is -2.59. The van der Waals surface area contributed by atoms with Crippen molar-refractivity contribution < 1.29 is 18.3 Å². The summed E-state index contributed by atoms with van der Waals surface area (Å²) >= 11 is 14.1. The third-order valence-electron chi connectivity index (χ3n) is 10.7. The Bertz CT molecular complexity index is 2490. The Morgan fingerprint density at radius 1 is 0.981 bits per heavy atom.